The molecule has 0 spiro atoms. The zero-order valence-electron chi connectivity index (χ0n) is 18.0. The molecule has 0 unspecified atom stereocenters. The minimum Gasteiger partial charge on any atom is -0.504 e. The molecule has 0 bridgehead atoms. The average molecular weight is 467 g/mol. The van der Waals surface area contributed by atoms with Crippen LogP contribution in [0.2, 0.25) is 5.02 Å². The lowest BCUT2D eigenvalue weighted by molar-refractivity contribution is -0.130. The summed E-state index contributed by atoms with van der Waals surface area (Å²) in [5.41, 5.74) is 0.401. The Morgan fingerprint density at radius 3 is 2.68 bits per heavy atom. The number of carbonyl (C=O) groups excluding carboxylic acids is 2. The van der Waals surface area contributed by atoms with Crippen molar-refractivity contribution in [1.29, 1.82) is 0 Å². The molecule has 1 fully saturated rings. The van der Waals surface area contributed by atoms with Crippen LogP contribution in [0.1, 0.15) is 16.3 Å². The van der Waals surface area contributed by atoms with Crippen LogP contribution in [-0.4, -0.2) is 74.3 Å². The third-order valence-corrected chi connectivity index (χ3v) is 6.81. The van der Waals surface area contributed by atoms with Crippen molar-refractivity contribution in [3.63, 3.8) is 0 Å². The second-order valence-electron chi connectivity index (χ2n) is 8.07. The molecular formula is C20H27ClN6O3S. The maximum atomic E-state index is 12.6. The molecule has 0 aliphatic carbocycles. The monoisotopic (exact) mass is 466 g/mol. The number of imidazole rings is 1. The molecule has 9 nitrogen and oxygen atoms in total. The summed E-state index contributed by atoms with van der Waals surface area (Å²) in [7, 11) is 0.555. The molecule has 3 heterocycles. The van der Waals surface area contributed by atoms with Crippen molar-refractivity contribution in [2.24, 2.45) is 7.05 Å². The molecule has 11 heteroatoms. The van der Waals surface area contributed by atoms with E-state index in [-0.39, 0.29) is 30.2 Å². The Morgan fingerprint density at radius 1 is 1.39 bits per heavy atom. The lowest BCUT2D eigenvalue weighted by Crippen LogP contribution is -2.60. The van der Waals surface area contributed by atoms with E-state index < -0.39 is 10.0 Å². The molecule has 1 aliphatic rings. The first-order valence-corrected chi connectivity index (χ1v) is 12.8. The molecule has 0 radical (unpaired) electrons. The molecule has 3 rings (SSSR count). The summed E-state index contributed by atoms with van der Waals surface area (Å²) in [5, 5.41) is 17.4. The first kappa shape index (κ1) is 23.0. The van der Waals surface area contributed by atoms with Gasteiger partial charge < -0.3 is 25.2 Å². The van der Waals surface area contributed by atoms with Crippen molar-refractivity contribution in [1.82, 2.24) is 24.8 Å². The average Bonchev–Trinajstić information content (AvgIpc) is 3.02. The molecule has 1 aliphatic heterocycles. The summed E-state index contributed by atoms with van der Waals surface area (Å²) in [4.78, 5) is 34.5. The summed E-state index contributed by atoms with van der Waals surface area (Å²) < 4.78 is 1.68. The van der Waals surface area contributed by atoms with Gasteiger partial charge in [-0.05, 0) is 24.8 Å². The summed E-state index contributed by atoms with van der Waals surface area (Å²) in [5.74, 6) is 0.464. The number of hydrogen-bond donors (Lipinski definition) is 3. The largest absolute Gasteiger partial charge is 0.504 e. The van der Waals surface area contributed by atoms with E-state index in [0.717, 1.165) is 5.03 Å². The summed E-state index contributed by atoms with van der Waals surface area (Å²) in [6.45, 7) is 4.64. The number of anilines is 1. The number of nitrogens with zero attached hydrogens (tertiary/aromatic N) is 4. The Labute approximate surface area is 187 Å². The van der Waals surface area contributed by atoms with E-state index in [1.165, 1.54) is 18.3 Å². The highest BCUT2D eigenvalue weighted by molar-refractivity contribution is 8.32. The Bertz CT molecular complexity index is 1030. The van der Waals surface area contributed by atoms with E-state index in [9.17, 15) is 14.7 Å². The molecule has 2 amide bonds. The molecule has 31 heavy (non-hydrogen) atoms. The van der Waals surface area contributed by atoms with Gasteiger partial charge in [0.15, 0.2) is 11.6 Å². The number of likely N-dealkylation sites (tertiary alicyclic amines) is 1. The Kier molecular flexibility index (Phi) is 6.51. The van der Waals surface area contributed by atoms with Gasteiger partial charge in [-0.25, -0.2) is 20.0 Å². The third-order valence-electron chi connectivity index (χ3n) is 4.94. The van der Waals surface area contributed by atoms with Gasteiger partial charge in [0.1, 0.15) is 11.5 Å². The van der Waals surface area contributed by atoms with Gasteiger partial charge >= 0.3 is 0 Å². The highest BCUT2D eigenvalue weighted by Gasteiger charge is 2.31. The molecule has 168 valence electrons. The molecule has 2 aromatic rings. The molecule has 0 saturated carbocycles. The van der Waals surface area contributed by atoms with Gasteiger partial charge in [0.25, 0.3) is 5.91 Å². The van der Waals surface area contributed by atoms with Gasteiger partial charge in [0, 0.05) is 26.2 Å². The molecule has 1 saturated heterocycles. The van der Waals surface area contributed by atoms with E-state index in [4.69, 9.17) is 11.6 Å². The third kappa shape index (κ3) is 4.96. The fraction of sp³-hybridized carbons (Fsp3) is 0.400. The van der Waals surface area contributed by atoms with Crippen molar-refractivity contribution in [2.75, 3.05) is 37.2 Å². The van der Waals surface area contributed by atoms with Crippen molar-refractivity contribution >= 4 is 39.3 Å². The van der Waals surface area contributed by atoms with Crippen LogP contribution in [0, 0.1) is 0 Å². The number of carbonyl (C=O) groups is 2. The van der Waals surface area contributed by atoms with Crippen LogP contribution in [0.4, 0.5) is 5.82 Å². The topological polar surface area (TPSA) is 112 Å². The smallest absolute Gasteiger partial charge is 0.269 e. The zero-order chi connectivity index (χ0) is 22.9. The van der Waals surface area contributed by atoms with E-state index in [2.05, 4.69) is 45.9 Å². The van der Waals surface area contributed by atoms with Crippen molar-refractivity contribution in [2.45, 2.75) is 17.6 Å². The Morgan fingerprint density at radius 2 is 2.06 bits per heavy atom. The predicted octanol–water partition coefficient (Wildman–Crippen LogP) is 1.97. The fourth-order valence-corrected chi connectivity index (χ4v) is 5.00. The van der Waals surface area contributed by atoms with Crippen molar-refractivity contribution < 1.29 is 14.7 Å². The summed E-state index contributed by atoms with van der Waals surface area (Å²) >= 11 is 6.24. The number of aromatic nitrogens is 3. The Balaban J connectivity index is 1.64. The molecule has 0 aromatic carbocycles. The van der Waals surface area contributed by atoms with Crippen LogP contribution >= 0.6 is 21.6 Å². The summed E-state index contributed by atoms with van der Waals surface area (Å²) in [6.07, 6.45) is 8.97. The van der Waals surface area contributed by atoms with Gasteiger partial charge in [-0.1, -0.05) is 18.2 Å². The second kappa shape index (κ2) is 8.80. The number of aromatic hydroxyl groups is 1. The van der Waals surface area contributed by atoms with Gasteiger partial charge in [-0.3, -0.25) is 9.59 Å². The first-order valence-electron chi connectivity index (χ1n) is 9.55. The van der Waals surface area contributed by atoms with Gasteiger partial charge in [0.05, 0.1) is 28.8 Å². The lowest BCUT2D eigenvalue weighted by atomic mass is 10.1. The molecule has 0 atom stereocenters. The van der Waals surface area contributed by atoms with Crippen LogP contribution in [0.15, 0.2) is 29.9 Å². The number of hydrogen-bond acceptors (Lipinski definition) is 6. The van der Waals surface area contributed by atoms with E-state index >= 15 is 0 Å². The second-order valence-corrected chi connectivity index (χ2v) is 12.5. The summed E-state index contributed by atoms with van der Waals surface area (Å²) in [6, 6.07) is 1.39. The number of nitrogens with one attached hydrogen (secondary N) is 2. The van der Waals surface area contributed by atoms with Crippen LogP contribution < -0.4 is 10.6 Å². The number of rotatable bonds is 7. The molecule has 2 aromatic heterocycles. The van der Waals surface area contributed by atoms with Crippen LogP contribution in [0.25, 0.3) is 0 Å². The van der Waals surface area contributed by atoms with Gasteiger partial charge in [-0.15, -0.1) is 0 Å². The number of pyridine rings is 1. The van der Waals surface area contributed by atoms with E-state index in [0.29, 0.717) is 35.4 Å². The quantitative estimate of drug-likeness (QED) is 0.538. The minimum atomic E-state index is -1.19. The van der Waals surface area contributed by atoms with Gasteiger partial charge in [0.2, 0.25) is 5.91 Å². The minimum absolute atomic E-state index is 0.0480. The number of amides is 2. The van der Waals surface area contributed by atoms with Crippen LogP contribution in [0.5, 0.6) is 5.75 Å². The van der Waals surface area contributed by atoms with Crippen LogP contribution in [0.3, 0.4) is 0 Å². The lowest BCUT2D eigenvalue weighted by Gasteiger charge is -2.38. The van der Waals surface area contributed by atoms with E-state index in [1.807, 2.05) is 0 Å². The maximum absolute atomic E-state index is 12.6. The standard InChI is InChI=1S/C20H27ClN6O3S/c1-6-17(29)27-10-12(11-27)24-19(30)14-8-22-16(26(14)2)9-23-18-15(28)7-13(21)20(25-18)31(3,4)5/h6-8,12,28H,1,9-11H2,2-5H3,(H,23,25)(H,24,30). The SMILES string of the molecule is C=CC(=O)N1CC(NC(=O)c2cnc(CNc3nc(S(C)(C)C)c(Cl)cc3O)n2C)C1. The Hall–Kier alpha value is -2.72. The van der Waals surface area contributed by atoms with Crippen molar-refractivity contribution in [3.05, 3.63) is 41.5 Å². The van der Waals surface area contributed by atoms with Crippen LogP contribution in [-0.2, 0) is 18.4 Å². The maximum Gasteiger partial charge on any atom is 0.269 e. The fourth-order valence-electron chi connectivity index (χ4n) is 3.15. The predicted molar refractivity (Wildman–Crippen MR) is 123 cm³/mol. The molecular weight excluding hydrogens is 440 g/mol. The molecule has 3 N–H and O–H groups in total. The highest BCUT2D eigenvalue weighted by Crippen LogP contribution is 2.49. The van der Waals surface area contributed by atoms with E-state index in [1.54, 1.807) is 16.5 Å². The van der Waals surface area contributed by atoms with Gasteiger partial charge in [-0.2, -0.15) is 0 Å². The highest BCUT2D eigenvalue weighted by atomic mass is 35.5. The normalized spacial score (nSPS) is 14.7. The first-order chi connectivity index (χ1) is 14.5. The van der Waals surface area contributed by atoms with Crippen molar-refractivity contribution in [3.8, 4) is 5.75 Å². The number of halogens is 1. The zero-order valence-corrected chi connectivity index (χ0v) is 19.5.